The highest BCUT2D eigenvalue weighted by Crippen LogP contribution is 2.32. The van der Waals surface area contributed by atoms with Crippen molar-refractivity contribution in [2.24, 2.45) is 0 Å². The number of aliphatic hydroxyl groups is 1. The molecule has 0 amide bonds. The fraction of sp³-hybridized carbons (Fsp3) is 0.909. The molecule has 2 heterocycles. The van der Waals surface area contributed by atoms with Gasteiger partial charge in [-0.05, 0) is 13.8 Å². The van der Waals surface area contributed by atoms with E-state index in [-0.39, 0.29) is 25.1 Å². The SMILES string of the molecule is CCOC(=O)C[C@@]1(C)OC[C@@H]2OC[C@@H](O)[C@@H]2O1. The van der Waals surface area contributed by atoms with E-state index < -0.39 is 18.0 Å². The third-order valence-electron chi connectivity index (χ3n) is 2.94. The molecule has 2 aliphatic heterocycles. The summed E-state index contributed by atoms with van der Waals surface area (Å²) in [6.45, 7) is 4.30. The molecule has 1 N–H and O–H groups in total. The first kappa shape index (κ1) is 12.8. The van der Waals surface area contributed by atoms with Gasteiger partial charge in [0, 0.05) is 0 Å². The van der Waals surface area contributed by atoms with Gasteiger partial charge in [0.1, 0.15) is 18.3 Å². The fourth-order valence-corrected chi connectivity index (χ4v) is 2.10. The Labute approximate surface area is 99.8 Å². The Balaban J connectivity index is 1.95. The number of esters is 1. The predicted octanol–water partition coefficient (Wildman–Crippen LogP) is -0.169. The van der Waals surface area contributed by atoms with Gasteiger partial charge in [-0.15, -0.1) is 0 Å². The normalized spacial score (nSPS) is 41.0. The van der Waals surface area contributed by atoms with Crippen LogP contribution in [0.25, 0.3) is 0 Å². The predicted molar refractivity (Wildman–Crippen MR) is 56.2 cm³/mol. The van der Waals surface area contributed by atoms with E-state index in [1.807, 2.05) is 0 Å². The second-order valence-corrected chi connectivity index (χ2v) is 4.45. The molecule has 17 heavy (non-hydrogen) atoms. The quantitative estimate of drug-likeness (QED) is 0.697. The lowest BCUT2D eigenvalue weighted by Crippen LogP contribution is -2.52. The van der Waals surface area contributed by atoms with Crippen LogP contribution in [0.4, 0.5) is 0 Å². The summed E-state index contributed by atoms with van der Waals surface area (Å²) in [6.07, 6.45) is -1.33. The summed E-state index contributed by atoms with van der Waals surface area (Å²) in [6, 6.07) is 0. The highest BCUT2D eigenvalue weighted by Gasteiger charge is 2.48. The van der Waals surface area contributed by atoms with Crippen LogP contribution in [0.2, 0.25) is 0 Å². The number of aliphatic hydroxyl groups excluding tert-OH is 1. The van der Waals surface area contributed by atoms with Crippen LogP contribution in [-0.2, 0) is 23.7 Å². The summed E-state index contributed by atoms with van der Waals surface area (Å²) in [5.74, 6) is -1.41. The van der Waals surface area contributed by atoms with Crippen molar-refractivity contribution in [3.05, 3.63) is 0 Å². The molecule has 98 valence electrons. The number of hydrogen-bond acceptors (Lipinski definition) is 6. The molecule has 0 aromatic heterocycles. The minimum Gasteiger partial charge on any atom is -0.466 e. The fourth-order valence-electron chi connectivity index (χ4n) is 2.10. The Morgan fingerprint density at radius 3 is 3.00 bits per heavy atom. The molecule has 0 aromatic rings. The standard InChI is InChI=1S/C11H18O6/c1-3-14-9(13)4-11(2)16-6-8-10(17-11)7(12)5-15-8/h7-8,10,12H,3-6H2,1-2H3/t7-,8+,10+,11+/m1/s1. The number of ether oxygens (including phenoxy) is 4. The maximum absolute atomic E-state index is 11.4. The zero-order valence-corrected chi connectivity index (χ0v) is 10.0. The number of fused-ring (bicyclic) bond motifs is 1. The molecule has 2 fully saturated rings. The molecule has 0 radical (unpaired) electrons. The summed E-state index contributed by atoms with van der Waals surface area (Å²) < 4.78 is 21.3. The number of rotatable bonds is 3. The van der Waals surface area contributed by atoms with Crippen molar-refractivity contribution in [3.8, 4) is 0 Å². The van der Waals surface area contributed by atoms with Crippen molar-refractivity contribution in [2.45, 2.75) is 44.4 Å². The molecule has 0 unspecified atom stereocenters. The summed E-state index contributed by atoms with van der Waals surface area (Å²) in [7, 11) is 0. The Bertz CT molecular complexity index is 294. The van der Waals surface area contributed by atoms with Crippen molar-refractivity contribution < 1.29 is 28.8 Å². The molecule has 0 spiro atoms. The van der Waals surface area contributed by atoms with E-state index in [1.54, 1.807) is 13.8 Å². The van der Waals surface area contributed by atoms with E-state index in [1.165, 1.54) is 0 Å². The van der Waals surface area contributed by atoms with Gasteiger partial charge in [0.15, 0.2) is 5.79 Å². The molecule has 0 aromatic carbocycles. The highest BCUT2D eigenvalue weighted by atomic mass is 16.7. The van der Waals surface area contributed by atoms with Gasteiger partial charge in [-0.1, -0.05) is 0 Å². The monoisotopic (exact) mass is 246 g/mol. The second kappa shape index (κ2) is 4.89. The van der Waals surface area contributed by atoms with Crippen LogP contribution in [0.1, 0.15) is 20.3 Å². The van der Waals surface area contributed by atoms with Crippen LogP contribution >= 0.6 is 0 Å². The van der Waals surface area contributed by atoms with Gasteiger partial charge in [0.05, 0.1) is 26.2 Å². The van der Waals surface area contributed by atoms with Crippen molar-refractivity contribution in [1.29, 1.82) is 0 Å². The van der Waals surface area contributed by atoms with Gasteiger partial charge >= 0.3 is 5.97 Å². The van der Waals surface area contributed by atoms with E-state index in [9.17, 15) is 9.90 Å². The van der Waals surface area contributed by atoms with Gasteiger partial charge in [-0.2, -0.15) is 0 Å². The molecule has 2 aliphatic rings. The van der Waals surface area contributed by atoms with Gasteiger partial charge in [0.25, 0.3) is 0 Å². The molecule has 0 saturated carbocycles. The van der Waals surface area contributed by atoms with Gasteiger partial charge in [0.2, 0.25) is 0 Å². The van der Waals surface area contributed by atoms with E-state index in [4.69, 9.17) is 18.9 Å². The first-order valence-electron chi connectivity index (χ1n) is 5.81. The first-order valence-corrected chi connectivity index (χ1v) is 5.81. The summed E-state index contributed by atoms with van der Waals surface area (Å²) >= 11 is 0. The third-order valence-corrected chi connectivity index (χ3v) is 2.94. The van der Waals surface area contributed by atoms with Gasteiger partial charge in [-0.3, -0.25) is 4.79 Å². The summed E-state index contributed by atoms with van der Waals surface area (Å²) in [5, 5.41) is 9.67. The third kappa shape index (κ3) is 2.77. The summed E-state index contributed by atoms with van der Waals surface area (Å²) in [5.41, 5.74) is 0. The van der Waals surface area contributed by atoms with Gasteiger partial charge < -0.3 is 24.1 Å². The maximum Gasteiger partial charge on any atom is 0.311 e. The molecule has 4 atom stereocenters. The molecule has 0 aliphatic carbocycles. The average Bonchev–Trinajstić information content (AvgIpc) is 2.60. The van der Waals surface area contributed by atoms with E-state index in [2.05, 4.69) is 0 Å². The molecular formula is C11H18O6. The lowest BCUT2D eigenvalue weighted by Gasteiger charge is -2.39. The Kier molecular flexibility index (Phi) is 3.67. The van der Waals surface area contributed by atoms with E-state index in [0.717, 1.165) is 0 Å². The van der Waals surface area contributed by atoms with Crippen LogP contribution in [-0.4, -0.2) is 55.0 Å². The maximum atomic E-state index is 11.4. The highest BCUT2D eigenvalue weighted by molar-refractivity contribution is 5.70. The molecule has 6 nitrogen and oxygen atoms in total. The lowest BCUT2D eigenvalue weighted by atomic mass is 10.1. The average molecular weight is 246 g/mol. The molecule has 2 rings (SSSR count). The van der Waals surface area contributed by atoms with E-state index in [0.29, 0.717) is 13.2 Å². The molecule has 6 heteroatoms. The number of hydrogen-bond donors (Lipinski definition) is 1. The van der Waals surface area contributed by atoms with Crippen LogP contribution in [0.5, 0.6) is 0 Å². The molecule has 0 bridgehead atoms. The summed E-state index contributed by atoms with van der Waals surface area (Å²) in [4.78, 5) is 11.4. The number of carbonyl (C=O) groups excluding carboxylic acids is 1. The minimum absolute atomic E-state index is 0.0107. The van der Waals surface area contributed by atoms with Crippen LogP contribution in [0.15, 0.2) is 0 Å². The zero-order chi connectivity index (χ0) is 12.5. The smallest absolute Gasteiger partial charge is 0.311 e. The number of carbonyl (C=O) groups is 1. The molecule has 2 saturated heterocycles. The van der Waals surface area contributed by atoms with Crippen molar-refractivity contribution in [2.75, 3.05) is 19.8 Å². The topological polar surface area (TPSA) is 74.2 Å². The Hall–Kier alpha value is -0.690. The largest absolute Gasteiger partial charge is 0.466 e. The zero-order valence-electron chi connectivity index (χ0n) is 10.0. The first-order chi connectivity index (χ1) is 8.04. The molecular weight excluding hydrogens is 228 g/mol. The minimum atomic E-state index is -1.04. The van der Waals surface area contributed by atoms with Gasteiger partial charge in [-0.25, -0.2) is 0 Å². The van der Waals surface area contributed by atoms with Crippen LogP contribution in [0, 0.1) is 0 Å². The van der Waals surface area contributed by atoms with E-state index >= 15 is 0 Å². The van der Waals surface area contributed by atoms with Crippen LogP contribution < -0.4 is 0 Å². The van der Waals surface area contributed by atoms with Crippen molar-refractivity contribution in [1.82, 2.24) is 0 Å². The Morgan fingerprint density at radius 1 is 1.53 bits per heavy atom. The van der Waals surface area contributed by atoms with Crippen molar-refractivity contribution >= 4 is 5.97 Å². The van der Waals surface area contributed by atoms with Crippen LogP contribution in [0.3, 0.4) is 0 Å². The second-order valence-electron chi connectivity index (χ2n) is 4.45. The lowest BCUT2D eigenvalue weighted by molar-refractivity contribution is -0.309. The van der Waals surface area contributed by atoms with Crippen molar-refractivity contribution in [3.63, 3.8) is 0 Å². The Morgan fingerprint density at radius 2 is 2.29 bits per heavy atom.